The number of thiophene rings is 1. The number of nitrogens with one attached hydrogen (secondary N) is 1. The van der Waals surface area contributed by atoms with E-state index in [1.54, 1.807) is 49.8 Å². The Morgan fingerprint density at radius 1 is 1.00 bits per heavy atom. The zero-order chi connectivity index (χ0) is 26.7. The van der Waals surface area contributed by atoms with E-state index in [-0.39, 0.29) is 10.9 Å². The van der Waals surface area contributed by atoms with Gasteiger partial charge in [-0.3, -0.25) is 0 Å². The van der Waals surface area contributed by atoms with Crippen LogP contribution >= 0.6 is 11.3 Å². The molecule has 0 spiro atoms. The first-order chi connectivity index (χ1) is 18.5. The van der Waals surface area contributed by atoms with E-state index in [1.165, 1.54) is 11.1 Å². The predicted octanol–water partition coefficient (Wildman–Crippen LogP) is 6.36. The van der Waals surface area contributed by atoms with Crippen LogP contribution < -0.4 is 19.5 Å². The maximum absolute atomic E-state index is 13.6. The molecule has 1 aromatic heterocycles. The molecule has 0 bridgehead atoms. The molecular weight excluding hydrogens is 518 g/mol. The van der Waals surface area contributed by atoms with Crippen LogP contribution in [0.2, 0.25) is 0 Å². The van der Waals surface area contributed by atoms with E-state index in [2.05, 4.69) is 17.4 Å². The summed E-state index contributed by atoms with van der Waals surface area (Å²) < 4.78 is 45.1. The Bertz CT molecular complexity index is 1530. The van der Waals surface area contributed by atoms with E-state index in [9.17, 15) is 8.42 Å². The Labute approximate surface area is 228 Å². The van der Waals surface area contributed by atoms with Crippen LogP contribution in [-0.2, 0) is 22.7 Å². The minimum absolute atomic E-state index is 0.225. The number of hydrogen-bond donors (Lipinski definition) is 1. The molecule has 0 aliphatic carbocycles. The SMILES string of the molecule is CCc1sc2ccccc2c1S(=O)(=O)c1ccc(OCCCC2NCCc3cc(OC)c(OC)cc32)cc1. The highest BCUT2D eigenvalue weighted by Gasteiger charge is 2.26. The average molecular weight is 552 g/mol. The van der Waals surface area contributed by atoms with Crippen molar-refractivity contribution in [1.29, 1.82) is 0 Å². The third-order valence-corrected chi connectivity index (χ3v) is 10.4. The highest BCUT2D eigenvalue weighted by atomic mass is 32.2. The van der Waals surface area contributed by atoms with Crippen molar-refractivity contribution in [2.24, 2.45) is 0 Å². The summed E-state index contributed by atoms with van der Waals surface area (Å²) in [7, 11) is -0.314. The second-order valence-corrected chi connectivity index (χ2v) is 12.4. The van der Waals surface area contributed by atoms with Crippen molar-refractivity contribution in [3.63, 3.8) is 0 Å². The van der Waals surface area contributed by atoms with Crippen molar-refractivity contribution in [1.82, 2.24) is 5.32 Å². The number of ether oxygens (including phenoxy) is 3. The number of fused-ring (bicyclic) bond motifs is 2. The molecular formula is C30H33NO5S2. The summed E-state index contributed by atoms with van der Waals surface area (Å²) in [5.74, 6) is 2.17. The van der Waals surface area contributed by atoms with Gasteiger partial charge in [0.2, 0.25) is 9.84 Å². The lowest BCUT2D eigenvalue weighted by atomic mass is 9.91. The van der Waals surface area contributed by atoms with Crippen molar-refractivity contribution >= 4 is 31.3 Å². The molecule has 4 aromatic rings. The Kier molecular flexibility index (Phi) is 7.93. The molecule has 6 nitrogen and oxygen atoms in total. The molecule has 3 aromatic carbocycles. The number of aryl methyl sites for hydroxylation is 1. The molecule has 200 valence electrons. The maximum atomic E-state index is 13.6. The van der Waals surface area contributed by atoms with E-state index in [1.807, 2.05) is 31.2 Å². The van der Waals surface area contributed by atoms with Gasteiger partial charge >= 0.3 is 0 Å². The van der Waals surface area contributed by atoms with E-state index in [0.29, 0.717) is 23.7 Å². The van der Waals surface area contributed by atoms with Crippen molar-refractivity contribution in [3.05, 3.63) is 76.7 Å². The Balaban J connectivity index is 1.23. The first kappa shape index (κ1) is 26.5. The van der Waals surface area contributed by atoms with Gasteiger partial charge in [-0.25, -0.2) is 8.42 Å². The number of methoxy groups -OCH3 is 2. The minimum Gasteiger partial charge on any atom is -0.494 e. The Hall–Kier alpha value is -3.07. The highest BCUT2D eigenvalue weighted by Crippen LogP contribution is 2.39. The van der Waals surface area contributed by atoms with Crippen LogP contribution in [0.4, 0.5) is 0 Å². The van der Waals surface area contributed by atoms with Crippen LogP contribution in [0.1, 0.15) is 41.8 Å². The quantitative estimate of drug-likeness (QED) is 0.231. The summed E-state index contributed by atoms with van der Waals surface area (Å²) >= 11 is 1.55. The monoisotopic (exact) mass is 551 g/mol. The van der Waals surface area contributed by atoms with Gasteiger partial charge in [0.1, 0.15) is 5.75 Å². The summed E-state index contributed by atoms with van der Waals surface area (Å²) in [6.07, 6.45) is 3.40. The van der Waals surface area contributed by atoms with Crippen LogP contribution in [-0.4, -0.2) is 35.8 Å². The molecule has 0 fully saturated rings. The van der Waals surface area contributed by atoms with Gasteiger partial charge in [0.25, 0.3) is 0 Å². The lowest BCUT2D eigenvalue weighted by Gasteiger charge is -2.28. The van der Waals surface area contributed by atoms with Gasteiger partial charge in [-0.05, 0) is 85.8 Å². The summed E-state index contributed by atoms with van der Waals surface area (Å²) in [5, 5.41) is 4.40. The lowest BCUT2D eigenvalue weighted by Crippen LogP contribution is -2.30. The summed E-state index contributed by atoms with van der Waals surface area (Å²) in [6, 6.07) is 18.9. The van der Waals surface area contributed by atoms with Gasteiger partial charge in [0.05, 0.1) is 30.6 Å². The molecule has 0 saturated carbocycles. The Morgan fingerprint density at radius 3 is 2.47 bits per heavy atom. The predicted molar refractivity (Wildman–Crippen MR) is 152 cm³/mol. The topological polar surface area (TPSA) is 73.9 Å². The van der Waals surface area contributed by atoms with Gasteiger partial charge in [0, 0.05) is 21.0 Å². The van der Waals surface area contributed by atoms with Gasteiger partial charge in [-0.15, -0.1) is 11.3 Å². The Morgan fingerprint density at radius 2 is 1.74 bits per heavy atom. The molecule has 8 heteroatoms. The van der Waals surface area contributed by atoms with Gasteiger partial charge < -0.3 is 19.5 Å². The molecule has 0 amide bonds. The molecule has 1 atom stereocenters. The summed E-state index contributed by atoms with van der Waals surface area (Å²) in [5.41, 5.74) is 2.53. The third kappa shape index (κ3) is 5.13. The van der Waals surface area contributed by atoms with Crippen LogP contribution in [0.3, 0.4) is 0 Å². The van der Waals surface area contributed by atoms with Crippen molar-refractivity contribution in [2.75, 3.05) is 27.4 Å². The maximum Gasteiger partial charge on any atom is 0.208 e. The van der Waals surface area contributed by atoms with Crippen LogP contribution in [0, 0.1) is 0 Å². The number of sulfone groups is 1. The van der Waals surface area contributed by atoms with Crippen molar-refractivity contribution < 1.29 is 22.6 Å². The smallest absolute Gasteiger partial charge is 0.208 e. The standard InChI is InChI=1S/C30H33NO5S2/c1-4-28-30(23-8-5-6-10-29(23)37-28)38(32,33)22-13-11-21(12-14-22)36-17-7-9-25-24-19-27(35-3)26(34-2)18-20(24)15-16-31-25/h5-6,8,10-14,18-19,25,31H,4,7,9,15-17H2,1-3H3. The molecule has 1 aliphatic rings. The first-order valence-corrected chi connectivity index (χ1v) is 15.2. The molecule has 0 saturated heterocycles. The molecule has 1 unspecified atom stereocenters. The van der Waals surface area contributed by atoms with E-state index >= 15 is 0 Å². The fourth-order valence-corrected chi connectivity index (χ4v) is 8.34. The fourth-order valence-electron chi connectivity index (χ4n) is 5.14. The highest BCUT2D eigenvalue weighted by molar-refractivity contribution is 7.92. The molecule has 1 N–H and O–H groups in total. The normalized spacial score (nSPS) is 15.3. The van der Waals surface area contributed by atoms with Gasteiger partial charge in [-0.1, -0.05) is 25.1 Å². The molecule has 1 aliphatic heterocycles. The lowest BCUT2D eigenvalue weighted by molar-refractivity contribution is 0.294. The van der Waals surface area contributed by atoms with Crippen LogP contribution in [0.25, 0.3) is 10.1 Å². The van der Waals surface area contributed by atoms with E-state index < -0.39 is 9.84 Å². The molecule has 0 radical (unpaired) electrons. The zero-order valence-electron chi connectivity index (χ0n) is 22.0. The van der Waals surface area contributed by atoms with E-state index in [0.717, 1.165) is 52.3 Å². The van der Waals surface area contributed by atoms with Crippen molar-refractivity contribution in [2.45, 2.75) is 48.4 Å². The average Bonchev–Trinajstić information content (AvgIpc) is 3.34. The van der Waals surface area contributed by atoms with Gasteiger partial charge in [-0.2, -0.15) is 0 Å². The number of rotatable bonds is 10. The number of benzene rings is 3. The van der Waals surface area contributed by atoms with Crippen molar-refractivity contribution in [3.8, 4) is 17.2 Å². The largest absolute Gasteiger partial charge is 0.494 e. The number of hydrogen-bond acceptors (Lipinski definition) is 7. The van der Waals surface area contributed by atoms with Gasteiger partial charge in [0.15, 0.2) is 11.5 Å². The zero-order valence-corrected chi connectivity index (χ0v) is 23.6. The van der Waals surface area contributed by atoms with Crippen LogP contribution in [0.5, 0.6) is 17.2 Å². The molecule has 38 heavy (non-hydrogen) atoms. The second kappa shape index (κ2) is 11.4. The second-order valence-electron chi connectivity index (χ2n) is 9.33. The fraction of sp³-hybridized carbons (Fsp3) is 0.333. The third-order valence-electron chi connectivity index (χ3n) is 7.05. The molecule has 2 heterocycles. The minimum atomic E-state index is -3.63. The van der Waals surface area contributed by atoms with Crippen LogP contribution in [0.15, 0.2) is 70.5 Å². The summed E-state index contributed by atoms with van der Waals surface area (Å²) in [6.45, 7) is 3.46. The first-order valence-electron chi connectivity index (χ1n) is 12.9. The van der Waals surface area contributed by atoms with E-state index in [4.69, 9.17) is 14.2 Å². The molecule has 5 rings (SSSR count). The summed E-state index contributed by atoms with van der Waals surface area (Å²) in [4.78, 5) is 1.61.